The molecule has 0 amide bonds. The molecule has 0 N–H and O–H groups in total. The van der Waals surface area contributed by atoms with Crippen molar-refractivity contribution in [3.05, 3.63) is 55.1 Å². The standard InChI is InChI=1S/C22H32O4/c1-5-8-9-11-22(23)26-21(10-6-2)16-19(7-3)25-17-18-12-14-20(24-4)15-13-18/h5,7,12-15,19,21H,1,3,6,8-11,16-17H2,2,4H3/t19-,21+/m0/s1. The van der Waals surface area contributed by atoms with Gasteiger partial charge in [0.1, 0.15) is 11.9 Å². The minimum Gasteiger partial charge on any atom is -0.497 e. The van der Waals surface area contributed by atoms with E-state index < -0.39 is 0 Å². The molecule has 4 heteroatoms. The van der Waals surface area contributed by atoms with E-state index in [9.17, 15) is 4.79 Å². The molecule has 0 aliphatic heterocycles. The number of hydrogen-bond donors (Lipinski definition) is 0. The van der Waals surface area contributed by atoms with Crippen LogP contribution in [0.25, 0.3) is 0 Å². The largest absolute Gasteiger partial charge is 0.497 e. The zero-order valence-electron chi connectivity index (χ0n) is 16.1. The number of methoxy groups -OCH3 is 1. The third-order valence-electron chi connectivity index (χ3n) is 4.08. The normalized spacial score (nSPS) is 12.8. The maximum atomic E-state index is 12.0. The molecule has 0 aliphatic carbocycles. The van der Waals surface area contributed by atoms with Crippen molar-refractivity contribution in [2.75, 3.05) is 7.11 Å². The lowest BCUT2D eigenvalue weighted by Gasteiger charge is -2.22. The Labute approximate surface area is 157 Å². The Hall–Kier alpha value is -2.07. The van der Waals surface area contributed by atoms with Gasteiger partial charge in [0.05, 0.1) is 19.8 Å². The molecule has 0 saturated carbocycles. The van der Waals surface area contributed by atoms with Gasteiger partial charge in [-0.25, -0.2) is 0 Å². The monoisotopic (exact) mass is 360 g/mol. The number of allylic oxidation sites excluding steroid dienone is 1. The molecular formula is C22H32O4. The molecule has 0 radical (unpaired) electrons. The maximum Gasteiger partial charge on any atom is 0.306 e. The summed E-state index contributed by atoms with van der Waals surface area (Å²) >= 11 is 0. The molecule has 2 atom stereocenters. The van der Waals surface area contributed by atoms with Crippen LogP contribution in [-0.4, -0.2) is 25.3 Å². The molecular weight excluding hydrogens is 328 g/mol. The van der Waals surface area contributed by atoms with E-state index in [1.807, 2.05) is 30.3 Å². The van der Waals surface area contributed by atoms with Crippen molar-refractivity contribution in [1.82, 2.24) is 0 Å². The molecule has 0 spiro atoms. The summed E-state index contributed by atoms with van der Waals surface area (Å²) in [5.74, 6) is 0.670. The molecule has 1 aromatic rings. The fraction of sp³-hybridized carbons (Fsp3) is 0.500. The number of esters is 1. The number of hydrogen-bond acceptors (Lipinski definition) is 4. The maximum absolute atomic E-state index is 12.0. The topological polar surface area (TPSA) is 44.8 Å². The molecule has 0 unspecified atom stereocenters. The summed E-state index contributed by atoms with van der Waals surface area (Å²) in [7, 11) is 1.64. The highest BCUT2D eigenvalue weighted by Crippen LogP contribution is 2.17. The Balaban J connectivity index is 2.50. The van der Waals surface area contributed by atoms with Crippen molar-refractivity contribution in [3.63, 3.8) is 0 Å². The van der Waals surface area contributed by atoms with Crippen molar-refractivity contribution < 1.29 is 19.0 Å². The van der Waals surface area contributed by atoms with Crippen LogP contribution in [0.1, 0.15) is 51.0 Å². The van der Waals surface area contributed by atoms with Gasteiger partial charge in [0.2, 0.25) is 0 Å². The minimum atomic E-state index is -0.158. The average molecular weight is 360 g/mol. The molecule has 0 aromatic heterocycles. The van der Waals surface area contributed by atoms with E-state index in [1.165, 1.54) is 0 Å². The first-order valence-corrected chi connectivity index (χ1v) is 9.30. The number of carbonyl (C=O) groups is 1. The van der Waals surface area contributed by atoms with Crippen LogP contribution < -0.4 is 4.74 Å². The van der Waals surface area contributed by atoms with Gasteiger partial charge in [0.15, 0.2) is 0 Å². The van der Waals surface area contributed by atoms with E-state index in [1.54, 1.807) is 13.2 Å². The highest BCUT2D eigenvalue weighted by molar-refractivity contribution is 5.69. The van der Waals surface area contributed by atoms with E-state index in [2.05, 4.69) is 20.1 Å². The number of carbonyl (C=O) groups excluding carboxylic acids is 1. The van der Waals surface area contributed by atoms with Crippen LogP contribution in [0, 0.1) is 0 Å². The van der Waals surface area contributed by atoms with E-state index in [0.717, 1.165) is 37.0 Å². The van der Waals surface area contributed by atoms with Crippen molar-refractivity contribution in [2.24, 2.45) is 0 Å². The zero-order valence-corrected chi connectivity index (χ0v) is 16.1. The lowest BCUT2D eigenvalue weighted by molar-refractivity contribution is -0.151. The molecule has 1 aromatic carbocycles. The molecule has 4 nitrogen and oxygen atoms in total. The van der Waals surface area contributed by atoms with Crippen molar-refractivity contribution in [2.45, 2.75) is 64.3 Å². The van der Waals surface area contributed by atoms with Crippen molar-refractivity contribution >= 4 is 5.97 Å². The summed E-state index contributed by atoms with van der Waals surface area (Å²) in [4.78, 5) is 12.0. The number of rotatable bonds is 14. The minimum absolute atomic E-state index is 0.143. The second-order valence-electron chi connectivity index (χ2n) is 6.25. The Bertz CT molecular complexity index is 536. The third-order valence-corrected chi connectivity index (χ3v) is 4.08. The lowest BCUT2D eigenvalue weighted by atomic mass is 10.1. The van der Waals surface area contributed by atoms with Gasteiger partial charge in [0, 0.05) is 12.8 Å². The Morgan fingerprint density at radius 2 is 1.96 bits per heavy atom. The summed E-state index contributed by atoms with van der Waals surface area (Å²) in [6, 6.07) is 7.77. The Morgan fingerprint density at radius 3 is 2.54 bits per heavy atom. The zero-order chi connectivity index (χ0) is 19.2. The van der Waals surface area contributed by atoms with E-state index >= 15 is 0 Å². The summed E-state index contributed by atoms with van der Waals surface area (Å²) in [5.41, 5.74) is 1.06. The SMILES string of the molecule is C=CCCCC(=O)O[C@H](CCC)C[C@H](C=C)OCc1ccc(OC)cc1. The van der Waals surface area contributed by atoms with Crippen molar-refractivity contribution in [3.8, 4) is 5.75 Å². The van der Waals surface area contributed by atoms with Crippen LogP contribution in [0.4, 0.5) is 0 Å². The first kappa shape index (κ1) is 22.0. The van der Waals surface area contributed by atoms with E-state index in [-0.39, 0.29) is 18.2 Å². The first-order valence-electron chi connectivity index (χ1n) is 9.30. The fourth-order valence-corrected chi connectivity index (χ4v) is 2.60. The predicted octanol–water partition coefficient (Wildman–Crippen LogP) is 5.22. The molecule has 0 bridgehead atoms. The van der Waals surface area contributed by atoms with Gasteiger partial charge >= 0.3 is 5.97 Å². The van der Waals surface area contributed by atoms with Gasteiger partial charge in [-0.2, -0.15) is 0 Å². The fourth-order valence-electron chi connectivity index (χ4n) is 2.60. The van der Waals surface area contributed by atoms with Crippen LogP contribution >= 0.6 is 0 Å². The van der Waals surface area contributed by atoms with Crippen LogP contribution in [0.3, 0.4) is 0 Å². The van der Waals surface area contributed by atoms with Crippen LogP contribution in [0.2, 0.25) is 0 Å². The van der Waals surface area contributed by atoms with Crippen molar-refractivity contribution in [1.29, 1.82) is 0 Å². The predicted molar refractivity (Wildman–Crippen MR) is 105 cm³/mol. The number of unbranched alkanes of at least 4 members (excludes halogenated alkanes) is 1. The van der Waals surface area contributed by atoms with Gasteiger partial charge < -0.3 is 14.2 Å². The van der Waals surface area contributed by atoms with E-state index in [0.29, 0.717) is 19.4 Å². The van der Waals surface area contributed by atoms with Gasteiger partial charge in [-0.05, 0) is 37.0 Å². The highest BCUT2D eigenvalue weighted by Gasteiger charge is 2.18. The molecule has 0 aliphatic rings. The lowest BCUT2D eigenvalue weighted by Crippen LogP contribution is -2.24. The molecule has 26 heavy (non-hydrogen) atoms. The summed E-state index contributed by atoms with van der Waals surface area (Å²) in [6.45, 7) is 10.1. The molecule has 144 valence electrons. The quantitative estimate of drug-likeness (QED) is 0.259. The summed E-state index contributed by atoms with van der Waals surface area (Å²) < 4.78 is 16.7. The van der Waals surface area contributed by atoms with Crippen LogP contribution in [0.15, 0.2) is 49.6 Å². The first-order chi connectivity index (χ1) is 12.6. The van der Waals surface area contributed by atoms with Gasteiger partial charge in [-0.1, -0.05) is 37.6 Å². The summed E-state index contributed by atoms with van der Waals surface area (Å²) in [6.07, 6.45) is 7.72. The molecule has 0 saturated heterocycles. The highest BCUT2D eigenvalue weighted by atomic mass is 16.5. The molecule has 0 heterocycles. The second-order valence-corrected chi connectivity index (χ2v) is 6.25. The molecule has 1 rings (SSSR count). The number of ether oxygens (including phenoxy) is 3. The van der Waals surface area contributed by atoms with Crippen LogP contribution in [0.5, 0.6) is 5.75 Å². The Morgan fingerprint density at radius 1 is 1.23 bits per heavy atom. The Kier molecular flexibility index (Phi) is 11.1. The van der Waals surface area contributed by atoms with Gasteiger partial charge in [-0.15, -0.1) is 13.2 Å². The summed E-state index contributed by atoms with van der Waals surface area (Å²) in [5, 5.41) is 0. The second kappa shape index (κ2) is 13.2. The van der Waals surface area contributed by atoms with Gasteiger partial charge in [-0.3, -0.25) is 4.79 Å². The van der Waals surface area contributed by atoms with E-state index in [4.69, 9.17) is 14.2 Å². The van der Waals surface area contributed by atoms with Gasteiger partial charge in [0.25, 0.3) is 0 Å². The molecule has 0 fully saturated rings. The third kappa shape index (κ3) is 8.86. The average Bonchev–Trinajstić information content (AvgIpc) is 2.65. The smallest absolute Gasteiger partial charge is 0.306 e. The van der Waals surface area contributed by atoms with Crippen LogP contribution in [-0.2, 0) is 20.9 Å². The number of benzene rings is 1.